The Morgan fingerprint density at radius 3 is 2.32 bits per heavy atom. The van der Waals surface area contributed by atoms with Gasteiger partial charge < -0.3 is 9.47 Å². The lowest BCUT2D eigenvalue weighted by Gasteiger charge is -2.58. The summed E-state index contributed by atoms with van der Waals surface area (Å²) in [6, 6.07) is 7.97. The van der Waals surface area contributed by atoms with E-state index in [0.29, 0.717) is 0 Å². The van der Waals surface area contributed by atoms with Crippen molar-refractivity contribution in [2.45, 2.75) is 38.5 Å². The molecular formula is C22H28O3. The number of methoxy groups -OCH3 is 2. The number of benzene rings is 1. The van der Waals surface area contributed by atoms with E-state index in [0.717, 1.165) is 29.1 Å². The molecule has 1 aromatic rings. The Morgan fingerprint density at radius 1 is 1.12 bits per heavy atom. The average molecular weight is 340 g/mol. The second-order valence-electron chi connectivity index (χ2n) is 8.42. The summed E-state index contributed by atoms with van der Waals surface area (Å²) in [4.78, 5) is 12.7. The van der Waals surface area contributed by atoms with E-state index in [4.69, 9.17) is 9.47 Å². The van der Waals surface area contributed by atoms with Crippen LogP contribution in [0.5, 0.6) is 5.75 Å². The lowest BCUT2D eigenvalue weighted by atomic mass is 9.46. The quantitative estimate of drug-likeness (QED) is 0.728. The standard InChI is InChI=1S/C22H28O3/c1-24-19-5-3-4-15(11-19)6-7-20(21(23)25-2)22-12-16-8-17(13-22)10-18(9-16)14-22/h3-7,11,16-18,20H,8-10,12-14H2,1-2H3. The number of esters is 1. The summed E-state index contributed by atoms with van der Waals surface area (Å²) < 4.78 is 10.5. The second-order valence-corrected chi connectivity index (χ2v) is 8.42. The van der Waals surface area contributed by atoms with Crippen LogP contribution in [0.2, 0.25) is 0 Å². The highest BCUT2D eigenvalue weighted by Crippen LogP contribution is 2.63. The van der Waals surface area contributed by atoms with Crippen LogP contribution >= 0.6 is 0 Å². The van der Waals surface area contributed by atoms with Crippen LogP contribution in [0.1, 0.15) is 44.1 Å². The maximum absolute atomic E-state index is 12.7. The van der Waals surface area contributed by atoms with E-state index in [1.54, 1.807) is 7.11 Å². The van der Waals surface area contributed by atoms with Crippen LogP contribution < -0.4 is 4.74 Å². The Morgan fingerprint density at radius 2 is 1.76 bits per heavy atom. The maximum atomic E-state index is 12.7. The monoisotopic (exact) mass is 340 g/mol. The van der Waals surface area contributed by atoms with E-state index in [-0.39, 0.29) is 17.3 Å². The van der Waals surface area contributed by atoms with Crippen molar-refractivity contribution in [3.8, 4) is 5.75 Å². The Bertz CT molecular complexity index is 640. The van der Waals surface area contributed by atoms with E-state index in [9.17, 15) is 4.79 Å². The van der Waals surface area contributed by atoms with Gasteiger partial charge in [-0.1, -0.05) is 24.3 Å². The van der Waals surface area contributed by atoms with Gasteiger partial charge in [0.15, 0.2) is 0 Å². The summed E-state index contributed by atoms with van der Waals surface area (Å²) >= 11 is 0. The van der Waals surface area contributed by atoms with Crippen molar-refractivity contribution >= 4 is 12.0 Å². The first kappa shape index (κ1) is 16.7. The average Bonchev–Trinajstić information content (AvgIpc) is 2.60. The number of hydrogen-bond donors (Lipinski definition) is 0. The molecule has 0 aliphatic heterocycles. The molecule has 4 saturated carbocycles. The molecule has 0 aromatic heterocycles. The third-order valence-electron chi connectivity index (χ3n) is 6.78. The van der Waals surface area contributed by atoms with Crippen LogP contribution in [-0.4, -0.2) is 20.2 Å². The molecule has 0 saturated heterocycles. The van der Waals surface area contributed by atoms with Crippen LogP contribution in [0.3, 0.4) is 0 Å². The molecule has 3 nitrogen and oxygen atoms in total. The van der Waals surface area contributed by atoms with Gasteiger partial charge in [0.2, 0.25) is 0 Å². The number of carbonyl (C=O) groups is 1. The van der Waals surface area contributed by atoms with Crippen LogP contribution in [0, 0.1) is 29.1 Å². The zero-order valence-corrected chi connectivity index (χ0v) is 15.2. The first-order chi connectivity index (χ1) is 12.1. The van der Waals surface area contributed by atoms with Gasteiger partial charge in [-0.15, -0.1) is 0 Å². The Hall–Kier alpha value is -1.77. The van der Waals surface area contributed by atoms with Crippen LogP contribution in [-0.2, 0) is 9.53 Å². The normalized spacial score (nSPS) is 34.2. The van der Waals surface area contributed by atoms with Crippen molar-refractivity contribution in [1.82, 2.24) is 0 Å². The molecule has 4 fully saturated rings. The number of rotatable bonds is 5. The summed E-state index contributed by atoms with van der Waals surface area (Å²) in [5, 5.41) is 0. The number of ether oxygens (including phenoxy) is 2. The molecular weight excluding hydrogens is 312 g/mol. The smallest absolute Gasteiger partial charge is 0.313 e. The zero-order valence-electron chi connectivity index (χ0n) is 15.2. The van der Waals surface area contributed by atoms with Crippen LogP contribution in [0.4, 0.5) is 0 Å². The zero-order chi connectivity index (χ0) is 17.4. The topological polar surface area (TPSA) is 35.5 Å². The summed E-state index contributed by atoms with van der Waals surface area (Å²) in [6.07, 6.45) is 11.9. The van der Waals surface area contributed by atoms with Gasteiger partial charge in [-0.05, 0) is 79.4 Å². The lowest BCUT2D eigenvalue weighted by Crippen LogP contribution is -2.51. The Labute approximate surface area is 150 Å². The first-order valence-corrected chi connectivity index (χ1v) is 9.52. The summed E-state index contributed by atoms with van der Waals surface area (Å²) in [5.41, 5.74) is 1.19. The molecule has 4 aliphatic carbocycles. The number of carbonyl (C=O) groups excluding carboxylic acids is 1. The van der Waals surface area contributed by atoms with Gasteiger partial charge in [-0.25, -0.2) is 0 Å². The van der Waals surface area contributed by atoms with Crippen molar-refractivity contribution in [3.05, 3.63) is 35.9 Å². The molecule has 134 valence electrons. The third-order valence-corrected chi connectivity index (χ3v) is 6.78. The second kappa shape index (κ2) is 6.51. The van der Waals surface area contributed by atoms with Gasteiger partial charge in [0.25, 0.3) is 0 Å². The van der Waals surface area contributed by atoms with Gasteiger partial charge in [-0.2, -0.15) is 0 Å². The lowest BCUT2D eigenvalue weighted by molar-refractivity contribution is -0.156. The highest BCUT2D eigenvalue weighted by atomic mass is 16.5. The SMILES string of the molecule is COC(=O)C(C=Cc1cccc(OC)c1)C12CC3CC(CC(C3)C1)C2. The minimum atomic E-state index is -0.128. The third kappa shape index (κ3) is 3.09. The molecule has 3 heteroatoms. The number of hydrogen-bond acceptors (Lipinski definition) is 3. The van der Waals surface area contributed by atoms with Gasteiger partial charge >= 0.3 is 5.97 Å². The fourth-order valence-corrected chi connectivity index (χ4v) is 6.17. The Balaban J connectivity index is 1.62. The minimum absolute atomic E-state index is 0.0684. The molecule has 0 heterocycles. The van der Waals surface area contributed by atoms with E-state index in [1.807, 2.05) is 24.3 Å². The highest BCUT2D eigenvalue weighted by molar-refractivity contribution is 5.77. The van der Waals surface area contributed by atoms with Gasteiger partial charge in [-0.3, -0.25) is 4.79 Å². The highest BCUT2D eigenvalue weighted by Gasteiger charge is 2.55. The molecule has 1 aromatic carbocycles. The summed E-state index contributed by atoms with van der Waals surface area (Å²) in [6.45, 7) is 0. The van der Waals surface area contributed by atoms with E-state index >= 15 is 0 Å². The van der Waals surface area contributed by atoms with Gasteiger partial charge in [0.1, 0.15) is 5.75 Å². The predicted octanol–water partition coefficient (Wildman–Crippen LogP) is 4.71. The molecule has 1 unspecified atom stereocenters. The molecule has 0 spiro atoms. The summed E-state index contributed by atoms with van der Waals surface area (Å²) in [7, 11) is 3.20. The molecule has 4 bridgehead atoms. The van der Waals surface area contributed by atoms with Crippen molar-refractivity contribution < 1.29 is 14.3 Å². The van der Waals surface area contributed by atoms with Crippen molar-refractivity contribution in [2.24, 2.45) is 29.1 Å². The fraction of sp³-hybridized carbons (Fsp3) is 0.591. The summed E-state index contributed by atoms with van der Waals surface area (Å²) in [5.74, 6) is 3.11. The van der Waals surface area contributed by atoms with Crippen molar-refractivity contribution in [1.29, 1.82) is 0 Å². The molecule has 0 amide bonds. The largest absolute Gasteiger partial charge is 0.497 e. The van der Waals surface area contributed by atoms with Crippen LogP contribution in [0.25, 0.3) is 6.08 Å². The van der Waals surface area contributed by atoms with Crippen molar-refractivity contribution in [3.63, 3.8) is 0 Å². The molecule has 25 heavy (non-hydrogen) atoms. The molecule has 1 atom stereocenters. The maximum Gasteiger partial charge on any atom is 0.313 e. The van der Waals surface area contributed by atoms with Crippen molar-refractivity contribution in [2.75, 3.05) is 14.2 Å². The van der Waals surface area contributed by atoms with Gasteiger partial charge in [0.05, 0.1) is 20.1 Å². The molecule has 4 aliphatic rings. The van der Waals surface area contributed by atoms with Crippen LogP contribution in [0.15, 0.2) is 30.3 Å². The van der Waals surface area contributed by atoms with E-state index in [1.165, 1.54) is 45.6 Å². The minimum Gasteiger partial charge on any atom is -0.497 e. The Kier molecular flexibility index (Phi) is 4.35. The van der Waals surface area contributed by atoms with Gasteiger partial charge in [0, 0.05) is 0 Å². The van der Waals surface area contributed by atoms with E-state index < -0.39 is 0 Å². The molecule has 5 rings (SSSR count). The molecule has 0 N–H and O–H groups in total. The van der Waals surface area contributed by atoms with E-state index in [2.05, 4.69) is 12.2 Å². The predicted molar refractivity (Wildman–Crippen MR) is 98.1 cm³/mol. The fourth-order valence-electron chi connectivity index (χ4n) is 6.17. The molecule has 0 radical (unpaired) electrons. The first-order valence-electron chi connectivity index (χ1n) is 9.52.